The van der Waals surface area contributed by atoms with Gasteiger partial charge in [0.05, 0.1) is 5.52 Å². The van der Waals surface area contributed by atoms with Gasteiger partial charge in [-0.3, -0.25) is 14.8 Å². The van der Waals surface area contributed by atoms with E-state index in [0.29, 0.717) is 5.39 Å². The average molecular weight is 363 g/mol. The zero-order valence-corrected chi connectivity index (χ0v) is 15.9. The van der Waals surface area contributed by atoms with E-state index in [2.05, 4.69) is 46.0 Å². The van der Waals surface area contributed by atoms with E-state index < -0.39 is 0 Å². The second-order valence-electron chi connectivity index (χ2n) is 7.44. The Kier molecular flexibility index (Phi) is 5.46. The molecule has 0 saturated carbocycles. The molecule has 0 N–H and O–H groups in total. The molecular weight excluding hydrogens is 337 g/mol. The SMILES string of the molecule is Cc1ccccc1CN1CCCN(Cc2ccc(F)c3cccnc23)CC1. The molecular formula is C23H26FN3. The Morgan fingerprint density at radius 1 is 0.852 bits per heavy atom. The Hall–Kier alpha value is -2.30. The number of hydrogen-bond acceptors (Lipinski definition) is 3. The molecule has 140 valence electrons. The van der Waals surface area contributed by atoms with Crippen molar-refractivity contribution >= 4 is 10.9 Å². The fraction of sp³-hybridized carbons (Fsp3) is 0.348. The fourth-order valence-corrected chi connectivity index (χ4v) is 3.93. The van der Waals surface area contributed by atoms with Gasteiger partial charge >= 0.3 is 0 Å². The van der Waals surface area contributed by atoms with Gasteiger partial charge in [-0.2, -0.15) is 0 Å². The molecule has 1 aliphatic heterocycles. The van der Waals surface area contributed by atoms with Gasteiger partial charge < -0.3 is 0 Å². The maximum atomic E-state index is 14.0. The molecule has 2 aromatic carbocycles. The van der Waals surface area contributed by atoms with Crippen LogP contribution in [0, 0.1) is 12.7 Å². The van der Waals surface area contributed by atoms with Gasteiger partial charge in [0.15, 0.2) is 0 Å². The van der Waals surface area contributed by atoms with E-state index in [1.807, 2.05) is 12.1 Å². The summed E-state index contributed by atoms with van der Waals surface area (Å²) in [7, 11) is 0. The van der Waals surface area contributed by atoms with Crippen LogP contribution in [0.15, 0.2) is 54.7 Å². The average Bonchev–Trinajstić information content (AvgIpc) is 2.91. The van der Waals surface area contributed by atoms with Crippen molar-refractivity contribution < 1.29 is 4.39 Å². The molecule has 0 unspecified atom stereocenters. The molecule has 1 aliphatic rings. The van der Waals surface area contributed by atoms with E-state index in [-0.39, 0.29) is 5.82 Å². The van der Waals surface area contributed by atoms with Gasteiger partial charge in [0.25, 0.3) is 0 Å². The first-order valence-electron chi connectivity index (χ1n) is 9.72. The van der Waals surface area contributed by atoms with Crippen LogP contribution < -0.4 is 0 Å². The van der Waals surface area contributed by atoms with Gasteiger partial charge in [-0.25, -0.2) is 4.39 Å². The van der Waals surface area contributed by atoms with Crippen molar-refractivity contribution in [2.24, 2.45) is 0 Å². The Morgan fingerprint density at radius 2 is 1.59 bits per heavy atom. The Morgan fingerprint density at radius 3 is 2.37 bits per heavy atom. The number of rotatable bonds is 4. The summed E-state index contributed by atoms with van der Waals surface area (Å²) in [6, 6.07) is 15.7. The number of hydrogen-bond donors (Lipinski definition) is 0. The highest BCUT2D eigenvalue weighted by Gasteiger charge is 2.17. The first-order valence-corrected chi connectivity index (χ1v) is 9.72. The van der Waals surface area contributed by atoms with Crippen LogP contribution >= 0.6 is 0 Å². The zero-order chi connectivity index (χ0) is 18.6. The lowest BCUT2D eigenvalue weighted by Gasteiger charge is -2.23. The third-order valence-corrected chi connectivity index (χ3v) is 5.53. The largest absolute Gasteiger partial charge is 0.298 e. The van der Waals surface area contributed by atoms with Crippen molar-refractivity contribution in [3.05, 3.63) is 77.2 Å². The smallest absolute Gasteiger partial charge is 0.132 e. The van der Waals surface area contributed by atoms with E-state index >= 15 is 0 Å². The molecule has 3 aromatic rings. The highest BCUT2D eigenvalue weighted by Crippen LogP contribution is 2.22. The second kappa shape index (κ2) is 8.15. The summed E-state index contributed by atoms with van der Waals surface area (Å²) in [5, 5.41) is 0.617. The number of aromatic nitrogens is 1. The van der Waals surface area contributed by atoms with Crippen molar-refractivity contribution in [2.75, 3.05) is 26.2 Å². The summed E-state index contributed by atoms with van der Waals surface area (Å²) in [5.41, 5.74) is 4.68. The predicted octanol–water partition coefficient (Wildman–Crippen LogP) is 4.39. The molecule has 3 nitrogen and oxygen atoms in total. The maximum absolute atomic E-state index is 14.0. The molecule has 4 rings (SSSR count). The molecule has 0 bridgehead atoms. The number of nitrogens with zero attached hydrogens (tertiary/aromatic N) is 3. The molecule has 1 fully saturated rings. The molecule has 0 radical (unpaired) electrons. The molecule has 0 aliphatic carbocycles. The lowest BCUT2D eigenvalue weighted by Crippen LogP contribution is -2.30. The fourth-order valence-electron chi connectivity index (χ4n) is 3.93. The number of aryl methyl sites for hydroxylation is 1. The van der Waals surface area contributed by atoms with Crippen LogP contribution in [-0.2, 0) is 13.1 Å². The van der Waals surface area contributed by atoms with E-state index in [9.17, 15) is 4.39 Å². The van der Waals surface area contributed by atoms with Crippen LogP contribution in [0.4, 0.5) is 4.39 Å². The third kappa shape index (κ3) is 4.18. The van der Waals surface area contributed by atoms with E-state index in [4.69, 9.17) is 0 Å². The number of pyridine rings is 1. The van der Waals surface area contributed by atoms with Crippen molar-refractivity contribution in [1.29, 1.82) is 0 Å². The summed E-state index contributed by atoms with van der Waals surface area (Å²) in [6.45, 7) is 8.29. The topological polar surface area (TPSA) is 19.4 Å². The van der Waals surface area contributed by atoms with Gasteiger partial charge in [0.1, 0.15) is 5.82 Å². The molecule has 0 spiro atoms. The Labute approximate surface area is 160 Å². The first kappa shape index (κ1) is 18.1. The molecule has 0 amide bonds. The highest BCUT2D eigenvalue weighted by molar-refractivity contribution is 5.82. The minimum Gasteiger partial charge on any atom is -0.298 e. The summed E-state index contributed by atoms with van der Waals surface area (Å²) in [4.78, 5) is 9.45. The third-order valence-electron chi connectivity index (χ3n) is 5.53. The van der Waals surface area contributed by atoms with Crippen LogP contribution in [0.2, 0.25) is 0 Å². The molecule has 1 aromatic heterocycles. The van der Waals surface area contributed by atoms with Crippen molar-refractivity contribution in [3.63, 3.8) is 0 Å². The Bertz CT molecular complexity index is 924. The summed E-state index contributed by atoms with van der Waals surface area (Å²) < 4.78 is 14.0. The predicted molar refractivity (Wildman–Crippen MR) is 108 cm³/mol. The van der Waals surface area contributed by atoms with Crippen molar-refractivity contribution in [1.82, 2.24) is 14.8 Å². The summed E-state index contributed by atoms with van der Waals surface area (Å²) in [6.07, 6.45) is 2.90. The monoisotopic (exact) mass is 363 g/mol. The van der Waals surface area contributed by atoms with E-state index in [1.54, 1.807) is 18.3 Å². The summed E-state index contributed by atoms with van der Waals surface area (Å²) in [5.74, 6) is -0.192. The second-order valence-corrected chi connectivity index (χ2v) is 7.44. The van der Waals surface area contributed by atoms with Crippen LogP contribution in [0.5, 0.6) is 0 Å². The first-order chi connectivity index (χ1) is 13.2. The molecule has 2 heterocycles. The highest BCUT2D eigenvalue weighted by atomic mass is 19.1. The van der Waals surface area contributed by atoms with Crippen LogP contribution in [0.1, 0.15) is 23.1 Å². The van der Waals surface area contributed by atoms with Gasteiger partial charge in [0, 0.05) is 37.8 Å². The van der Waals surface area contributed by atoms with Crippen LogP contribution in [-0.4, -0.2) is 41.0 Å². The van der Waals surface area contributed by atoms with Crippen LogP contribution in [0.25, 0.3) is 10.9 Å². The molecule has 27 heavy (non-hydrogen) atoms. The van der Waals surface area contributed by atoms with Gasteiger partial charge in [-0.05, 0) is 61.3 Å². The molecule has 0 atom stereocenters. The minimum atomic E-state index is -0.192. The minimum absolute atomic E-state index is 0.192. The van der Waals surface area contributed by atoms with Crippen molar-refractivity contribution in [2.45, 2.75) is 26.4 Å². The standard InChI is InChI=1S/C23H26FN3/c1-18-6-2-3-7-19(18)16-26-12-5-13-27(15-14-26)17-20-9-10-22(24)21-8-4-11-25-23(20)21/h2-4,6-11H,5,12-17H2,1H3. The lowest BCUT2D eigenvalue weighted by molar-refractivity contribution is 0.247. The molecule has 4 heteroatoms. The van der Waals surface area contributed by atoms with Gasteiger partial charge in [0.2, 0.25) is 0 Å². The number of halogens is 1. The number of fused-ring (bicyclic) bond motifs is 1. The number of benzene rings is 2. The van der Waals surface area contributed by atoms with E-state index in [0.717, 1.165) is 56.8 Å². The lowest BCUT2D eigenvalue weighted by atomic mass is 10.1. The van der Waals surface area contributed by atoms with Crippen molar-refractivity contribution in [3.8, 4) is 0 Å². The van der Waals surface area contributed by atoms with Gasteiger partial charge in [-0.1, -0.05) is 30.3 Å². The Balaban J connectivity index is 1.43. The summed E-state index contributed by atoms with van der Waals surface area (Å²) >= 11 is 0. The van der Waals surface area contributed by atoms with Gasteiger partial charge in [-0.15, -0.1) is 0 Å². The molecule has 1 saturated heterocycles. The quantitative estimate of drug-likeness (QED) is 0.685. The normalized spacial score (nSPS) is 16.5. The van der Waals surface area contributed by atoms with E-state index in [1.165, 1.54) is 11.1 Å². The maximum Gasteiger partial charge on any atom is 0.132 e. The van der Waals surface area contributed by atoms with Crippen LogP contribution in [0.3, 0.4) is 0 Å². The zero-order valence-electron chi connectivity index (χ0n) is 15.9.